The smallest absolute Gasteiger partial charge is 0.321 e. The highest BCUT2D eigenvalue weighted by atomic mass is 32.2. The SMILES string of the molecule is O=C(CSc1cccc[n+]1[O-])NC(=O)N[C@@H]1CCS(=O)(=O)C1. The molecule has 8 nitrogen and oxygen atoms in total. The Morgan fingerprint density at radius 1 is 1.41 bits per heavy atom. The molecule has 1 saturated heterocycles. The number of nitrogens with one attached hydrogen (secondary N) is 2. The number of amides is 3. The van der Waals surface area contributed by atoms with E-state index in [-0.39, 0.29) is 17.3 Å². The largest absolute Gasteiger partial charge is 0.618 e. The molecule has 0 radical (unpaired) electrons. The van der Waals surface area contributed by atoms with Crippen molar-refractivity contribution in [3.8, 4) is 0 Å². The molecule has 3 amide bonds. The molecule has 0 saturated carbocycles. The molecule has 0 aromatic carbocycles. The number of aromatic nitrogens is 1. The molecule has 1 fully saturated rings. The molecule has 2 N–H and O–H groups in total. The molecule has 0 bridgehead atoms. The van der Waals surface area contributed by atoms with Crippen LogP contribution >= 0.6 is 11.8 Å². The predicted octanol–water partition coefficient (Wildman–Crippen LogP) is -0.575. The summed E-state index contributed by atoms with van der Waals surface area (Å²) in [6, 6.07) is 3.61. The second-order valence-electron chi connectivity index (χ2n) is 4.77. The molecule has 2 rings (SSSR count). The molecule has 1 atom stereocenters. The van der Waals surface area contributed by atoms with Gasteiger partial charge in [0.1, 0.15) is 0 Å². The average Bonchev–Trinajstić information content (AvgIpc) is 2.76. The Balaban J connectivity index is 1.75. The third-order valence-electron chi connectivity index (χ3n) is 2.96. The van der Waals surface area contributed by atoms with Crippen LogP contribution in [0, 0.1) is 5.21 Å². The van der Waals surface area contributed by atoms with Crippen molar-refractivity contribution in [3.05, 3.63) is 29.6 Å². The van der Waals surface area contributed by atoms with Gasteiger partial charge in [-0.1, -0.05) is 0 Å². The first-order valence-electron chi connectivity index (χ1n) is 6.47. The fraction of sp³-hybridized carbons (Fsp3) is 0.417. The van der Waals surface area contributed by atoms with Crippen molar-refractivity contribution in [2.45, 2.75) is 17.5 Å². The first kappa shape index (κ1) is 16.6. The van der Waals surface area contributed by atoms with Crippen LogP contribution in [0.25, 0.3) is 0 Å². The van der Waals surface area contributed by atoms with Crippen LogP contribution < -0.4 is 15.4 Å². The number of rotatable bonds is 4. The van der Waals surface area contributed by atoms with E-state index in [1.807, 2.05) is 0 Å². The molecular formula is C12H15N3O5S2. The topological polar surface area (TPSA) is 119 Å². The van der Waals surface area contributed by atoms with Crippen molar-refractivity contribution in [2.24, 2.45) is 0 Å². The van der Waals surface area contributed by atoms with Gasteiger partial charge in [-0.25, -0.2) is 13.2 Å². The molecule has 1 aromatic heterocycles. The van der Waals surface area contributed by atoms with Gasteiger partial charge in [-0.3, -0.25) is 10.1 Å². The number of pyridine rings is 1. The fourth-order valence-electron chi connectivity index (χ4n) is 1.96. The Morgan fingerprint density at radius 3 is 2.82 bits per heavy atom. The van der Waals surface area contributed by atoms with Crippen LogP contribution in [0.1, 0.15) is 6.42 Å². The van der Waals surface area contributed by atoms with E-state index in [2.05, 4.69) is 10.6 Å². The summed E-state index contributed by atoms with van der Waals surface area (Å²) >= 11 is 1.00. The van der Waals surface area contributed by atoms with Gasteiger partial charge in [0.2, 0.25) is 5.91 Å². The van der Waals surface area contributed by atoms with Gasteiger partial charge in [-0.05, 0) is 24.2 Å². The summed E-state index contributed by atoms with van der Waals surface area (Å²) in [5.74, 6) is -0.724. The highest BCUT2D eigenvalue weighted by molar-refractivity contribution is 7.99. The fourth-order valence-corrected chi connectivity index (χ4v) is 4.34. The highest BCUT2D eigenvalue weighted by Gasteiger charge is 2.29. The van der Waals surface area contributed by atoms with Crippen molar-refractivity contribution >= 4 is 33.5 Å². The minimum Gasteiger partial charge on any atom is -0.618 e. The van der Waals surface area contributed by atoms with Crippen LogP contribution in [0.3, 0.4) is 0 Å². The Bertz CT molecular complexity index is 677. The molecule has 120 valence electrons. The summed E-state index contributed by atoms with van der Waals surface area (Å²) in [6.45, 7) is 0. The summed E-state index contributed by atoms with van der Waals surface area (Å²) in [5.41, 5.74) is 0. The minimum atomic E-state index is -3.09. The van der Waals surface area contributed by atoms with E-state index in [0.29, 0.717) is 16.2 Å². The molecule has 0 aliphatic carbocycles. The standard InChI is InChI=1S/C12H15N3O5S2/c16-10(7-21-11-3-1-2-5-15(11)18)14-12(17)13-9-4-6-22(19,20)8-9/h1-3,5,9H,4,6-8H2,(H2,13,14,16,17)/t9-/m1/s1. The molecule has 0 spiro atoms. The average molecular weight is 345 g/mol. The van der Waals surface area contributed by atoms with E-state index < -0.39 is 27.8 Å². The maximum absolute atomic E-state index is 11.6. The number of thioether (sulfide) groups is 1. The predicted molar refractivity (Wildman–Crippen MR) is 79.9 cm³/mol. The monoisotopic (exact) mass is 345 g/mol. The number of hydrogen-bond acceptors (Lipinski definition) is 6. The number of urea groups is 1. The van der Waals surface area contributed by atoms with E-state index in [9.17, 15) is 23.2 Å². The van der Waals surface area contributed by atoms with Gasteiger partial charge in [0.05, 0.1) is 17.3 Å². The van der Waals surface area contributed by atoms with E-state index in [4.69, 9.17) is 0 Å². The maximum atomic E-state index is 11.6. The number of nitrogens with zero attached hydrogens (tertiary/aromatic N) is 1. The molecular weight excluding hydrogens is 330 g/mol. The summed E-state index contributed by atoms with van der Waals surface area (Å²) in [5, 5.41) is 16.3. The van der Waals surface area contributed by atoms with Crippen molar-refractivity contribution < 1.29 is 22.7 Å². The second kappa shape index (κ2) is 6.97. The van der Waals surface area contributed by atoms with E-state index >= 15 is 0 Å². The third-order valence-corrected chi connectivity index (χ3v) is 5.75. The highest BCUT2D eigenvalue weighted by Crippen LogP contribution is 2.12. The van der Waals surface area contributed by atoms with Crippen LogP contribution in [0.4, 0.5) is 4.79 Å². The molecule has 1 aliphatic heterocycles. The lowest BCUT2D eigenvalue weighted by molar-refractivity contribution is -0.645. The van der Waals surface area contributed by atoms with Crippen LogP contribution in [0.2, 0.25) is 0 Å². The van der Waals surface area contributed by atoms with Gasteiger partial charge in [0, 0.05) is 18.2 Å². The number of carbonyl (C=O) groups excluding carboxylic acids is 2. The quantitative estimate of drug-likeness (QED) is 0.428. The molecule has 0 unspecified atom stereocenters. The van der Waals surface area contributed by atoms with E-state index in [0.717, 1.165) is 11.8 Å². The van der Waals surface area contributed by atoms with Crippen molar-refractivity contribution in [3.63, 3.8) is 0 Å². The second-order valence-corrected chi connectivity index (χ2v) is 8.00. The van der Waals surface area contributed by atoms with Crippen LogP contribution in [-0.2, 0) is 14.6 Å². The zero-order valence-electron chi connectivity index (χ0n) is 11.5. The maximum Gasteiger partial charge on any atom is 0.321 e. The summed E-state index contributed by atoms with van der Waals surface area (Å²) in [4.78, 5) is 23.2. The Labute approximate surface area is 131 Å². The van der Waals surface area contributed by atoms with E-state index in [1.165, 1.54) is 6.20 Å². The summed E-state index contributed by atoms with van der Waals surface area (Å²) in [6.07, 6.45) is 1.66. The van der Waals surface area contributed by atoms with Gasteiger partial charge in [-0.15, -0.1) is 0 Å². The number of imide groups is 1. The number of hydrogen-bond donors (Lipinski definition) is 2. The van der Waals surface area contributed by atoms with Gasteiger partial charge in [-0.2, -0.15) is 4.73 Å². The van der Waals surface area contributed by atoms with Gasteiger partial charge < -0.3 is 10.5 Å². The first-order valence-corrected chi connectivity index (χ1v) is 9.28. The van der Waals surface area contributed by atoms with E-state index in [1.54, 1.807) is 18.2 Å². The van der Waals surface area contributed by atoms with Crippen LogP contribution in [-0.4, -0.2) is 43.7 Å². The Hall–Kier alpha value is -1.81. The lowest BCUT2D eigenvalue weighted by atomic mass is 10.3. The van der Waals surface area contributed by atoms with Crippen LogP contribution in [0.15, 0.2) is 29.4 Å². The lowest BCUT2D eigenvalue weighted by Crippen LogP contribution is -2.45. The lowest BCUT2D eigenvalue weighted by Gasteiger charge is -2.11. The normalized spacial score (nSPS) is 19.5. The Kier molecular flexibility index (Phi) is 5.24. The van der Waals surface area contributed by atoms with Gasteiger partial charge in [0.25, 0.3) is 5.03 Å². The summed E-state index contributed by atoms with van der Waals surface area (Å²) in [7, 11) is -3.09. The molecule has 10 heteroatoms. The molecule has 1 aliphatic rings. The van der Waals surface area contributed by atoms with Crippen LogP contribution in [0.5, 0.6) is 0 Å². The number of sulfone groups is 1. The summed E-state index contributed by atoms with van der Waals surface area (Å²) < 4.78 is 23.2. The first-order chi connectivity index (χ1) is 10.4. The zero-order valence-corrected chi connectivity index (χ0v) is 13.2. The van der Waals surface area contributed by atoms with Gasteiger partial charge >= 0.3 is 6.03 Å². The van der Waals surface area contributed by atoms with Gasteiger partial charge in [0.15, 0.2) is 16.0 Å². The van der Waals surface area contributed by atoms with Crippen molar-refractivity contribution in [1.82, 2.24) is 10.6 Å². The molecule has 22 heavy (non-hydrogen) atoms. The van der Waals surface area contributed by atoms with Crippen molar-refractivity contribution in [1.29, 1.82) is 0 Å². The third kappa shape index (κ3) is 4.88. The minimum absolute atomic E-state index is 0.0409. The molecule has 1 aromatic rings. The Morgan fingerprint density at radius 2 is 2.18 bits per heavy atom. The van der Waals surface area contributed by atoms with Crippen molar-refractivity contribution in [2.75, 3.05) is 17.3 Å². The number of carbonyl (C=O) groups is 2. The zero-order chi connectivity index (χ0) is 16.2. The molecule has 2 heterocycles.